The molecule has 18 rings (SSSR count). The second kappa shape index (κ2) is 29.1. The summed E-state index contributed by atoms with van der Waals surface area (Å²) in [4.78, 5) is 111. The summed E-state index contributed by atoms with van der Waals surface area (Å²) >= 11 is 0. The summed E-state index contributed by atoms with van der Waals surface area (Å²) in [6.45, 7) is 11.0. The Morgan fingerprint density at radius 3 is 1.46 bits per heavy atom. The highest BCUT2D eigenvalue weighted by Crippen LogP contribution is 2.51. The van der Waals surface area contributed by atoms with Gasteiger partial charge in [-0.2, -0.15) is 0 Å². The topological polar surface area (TPSA) is 276 Å². The number of benzene rings is 6. The minimum Gasteiger partial charge on any atom is -0.488 e. The number of carbonyl (C=O) groups excluding carboxylic acids is 6. The molecule has 0 radical (unpaired) electrons. The van der Waals surface area contributed by atoms with Gasteiger partial charge in [-0.15, -0.1) is 0 Å². The van der Waals surface area contributed by atoms with Crippen molar-refractivity contribution in [3.8, 4) is 56.3 Å². The number of H-pyrrole nitrogens is 2. The van der Waals surface area contributed by atoms with Crippen LogP contribution in [-0.4, -0.2) is 152 Å². The number of rotatable bonds is 14. The van der Waals surface area contributed by atoms with Gasteiger partial charge in [0, 0.05) is 59.9 Å². The van der Waals surface area contributed by atoms with Crippen molar-refractivity contribution < 1.29 is 52.5 Å². The quantitative estimate of drug-likeness (QED) is 0.0634. The van der Waals surface area contributed by atoms with E-state index < -0.39 is 36.4 Å². The molecule has 6 fully saturated rings. The van der Waals surface area contributed by atoms with Gasteiger partial charge in [0.15, 0.2) is 0 Å². The van der Waals surface area contributed by atoms with Crippen molar-refractivity contribution in [3.05, 3.63) is 131 Å². The highest BCUT2D eigenvalue weighted by atomic mass is 16.5. The Bertz CT molecular complexity index is 5050. The van der Waals surface area contributed by atoms with Gasteiger partial charge in [-0.05, 0) is 209 Å². The highest BCUT2D eigenvalue weighted by molar-refractivity contribution is 6.09. The number of carbonyl (C=O) groups is 6. The maximum Gasteiger partial charge on any atom is 0.407 e. The predicted octanol–water partition coefficient (Wildman–Crippen LogP) is 15.2. The molecule has 2 aromatic heterocycles. The Kier molecular flexibility index (Phi) is 19.0. The maximum atomic E-state index is 14.3. The van der Waals surface area contributed by atoms with Crippen LogP contribution in [0.25, 0.3) is 66.3 Å². The monoisotopic (exact) mass is 1470 g/mol. The summed E-state index contributed by atoms with van der Waals surface area (Å²) in [5.74, 6) is 4.56. The number of amides is 6. The summed E-state index contributed by atoms with van der Waals surface area (Å²) in [6.07, 6.45) is 18.2. The molecule has 10 atom stereocenters. The molecule has 8 aromatic rings. The molecule has 10 aliphatic rings. The van der Waals surface area contributed by atoms with Gasteiger partial charge in [-0.1, -0.05) is 89.8 Å². The zero-order valence-electron chi connectivity index (χ0n) is 63.3. The smallest absolute Gasteiger partial charge is 0.407 e. The fourth-order valence-corrected chi connectivity index (χ4v) is 19.7. The molecule has 23 heteroatoms. The van der Waals surface area contributed by atoms with E-state index >= 15 is 0 Å². The lowest BCUT2D eigenvalue weighted by Crippen LogP contribution is -2.56. The normalized spacial score (nSPS) is 22.7. The number of nitrogens with zero attached hydrogens (tertiary/aromatic N) is 7. The average Bonchev–Trinajstić information content (AvgIpc) is 1.51. The third-order valence-electron chi connectivity index (χ3n) is 25.2. The van der Waals surface area contributed by atoms with E-state index in [1.165, 1.54) is 63.7 Å². The number of hydrogen-bond acceptors (Lipinski definition) is 15. The SMILES string of the molecule is COC(=O)N[C@@H](C)C(=O)N1CCCC1c1ncc(-c2ccc3c(c2)COc2cc4c5c(ccc4cc2-3)N=C([C@@H]2C[C@@H]3CCC[C@@H]3N2C(=O)[C@@H](NC(=O)OC)C(C)C)C5)[nH]1.COC(=O)N[C@H](C(=O)N1[C@H](C2=Nc3ccc4cc5c(cc4c3C2)OCc2cc(-c3cnc(C4CCCC4)[nH]3)ccc2-5)C[C@@H]2CCC[C@@H]21)C(C)C. The summed E-state index contributed by atoms with van der Waals surface area (Å²) in [7, 11) is 3.93. The van der Waals surface area contributed by atoms with Crippen LogP contribution in [0, 0.1) is 23.7 Å². The van der Waals surface area contributed by atoms with Crippen LogP contribution in [0.4, 0.5) is 25.8 Å². The lowest BCUT2D eigenvalue weighted by Gasteiger charge is -2.34. The third kappa shape index (κ3) is 13.1. The number of aliphatic imine (C=N–C) groups is 2. The highest BCUT2D eigenvalue weighted by Gasteiger charge is 2.52. The minimum atomic E-state index is -0.716. The third-order valence-corrected chi connectivity index (χ3v) is 25.2. The maximum absolute atomic E-state index is 14.3. The van der Waals surface area contributed by atoms with E-state index in [0.717, 1.165) is 176 Å². The number of alkyl carbamates (subject to hydrolysis) is 3. The molecule has 23 nitrogen and oxygen atoms in total. The number of methoxy groups -OCH3 is 3. The van der Waals surface area contributed by atoms with Gasteiger partial charge in [-0.25, -0.2) is 24.4 Å². The molecular formula is C86H96N12O11. The summed E-state index contributed by atoms with van der Waals surface area (Å²) in [6, 6.07) is 28.2. The molecule has 3 saturated heterocycles. The second-order valence-electron chi connectivity index (χ2n) is 32.3. The molecule has 9 heterocycles. The lowest BCUT2D eigenvalue weighted by molar-refractivity contribution is -0.137. The number of hydrogen-bond donors (Lipinski definition) is 5. The molecule has 7 aliphatic heterocycles. The van der Waals surface area contributed by atoms with Crippen molar-refractivity contribution in [2.45, 2.75) is 205 Å². The van der Waals surface area contributed by atoms with Crippen molar-refractivity contribution >= 4 is 80.3 Å². The average molecular weight is 1470 g/mol. The molecule has 109 heavy (non-hydrogen) atoms. The molecule has 3 aliphatic carbocycles. The standard InChI is InChI=1S/C45H51N7O7.C41H45N5O4/c1-23(2)40(50-45(56)58-5)43(54)52-36-9-6-8-27(36)18-38(52)34-19-31-30-20-39-32(17-25(30)12-14-33(31)48-34)29-13-11-26(16-28(29)22-59-39)35-21-46-41(49-35)37-10-7-15-51(37)42(53)24(3)47-44(55)57-4;1-22(2)38(45-41(48)49-3)40(47)46-35-10-6-9-26(35)17-36(46)33-18-30-29-19-37-31(16-24(29)12-14-32(30)43-33)28-13-11-25(15-27(28)21-50-37)34-20-42-39(44-34)23-7-4-5-8-23/h11-14,16-17,20-21,23-24,27,36-38,40H,6-10,15,18-19,22H2,1-5H3,(H,46,49)(H,47,55)(H,50,56);11-16,19-20,22-23,26,35-36,38H,4-10,17-18,21H2,1-3H3,(H,42,44)(H,45,48)/t24-,27-,36-,37?,38-,40-;26-,35-,36-,38-/m00/s1. The van der Waals surface area contributed by atoms with Crippen LogP contribution < -0.4 is 25.4 Å². The zero-order valence-corrected chi connectivity index (χ0v) is 63.3. The molecule has 0 bridgehead atoms. The van der Waals surface area contributed by atoms with Crippen molar-refractivity contribution in [1.29, 1.82) is 0 Å². The van der Waals surface area contributed by atoms with Crippen molar-refractivity contribution in [3.63, 3.8) is 0 Å². The summed E-state index contributed by atoms with van der Waals surface area (Å²) in [5.41, 5.74) is 17.0. The van der Waals surface area contributed by atoms with Gasteiger partial charge in [0.2, 0.25) is 17.7 Å². The van der Waals surface area contributed by atoms with E-state index in [1.807, 2.05) is 40.1 Å². The Hall–Kier alpha value is -10.6. The van der Waals surface area contributed by atoms with Gasteiger partial charge in [0.05, 0.1) is 74.6 Å². The van der Waals surface area contributed by atoms with E-state index in [2.05, 4.69) is 125 Å². The van der Waals surface area contributed by atoms with Gasteiger partial charge in [0.1, 0.15) is 54.5 Å². The van der Waals surface area contributed by atoms with E-state index in [0.29, 0.717) is 56.2 Å². The largest absolute Gasteiger partial charge is 0.488 e. The molecule has 566 valence electrons. The number of aromatic nitrogens is 4. The fraction of sp³-hybridized carbons (Fsp3) is 0.465. The number of aromatic amines is 2. The van der Waals surface area contributed by atoms with Crippen molar-refractivity contribution in [1.82, 2.24) is 50.6 Å². The number of ether oxygens (including phenoxy) is 5. The van der Waals surface area contributed by atoms with Crippen molar-refractivity contribution in [2.75, 3.05) is 27.9 Å². The van der Waals surface area contributed by atoms with Gasteiger partial charge in [-0.3, -0.25) is 24.4 Å². The second-order valence-corrected chi connectivity index (χ2v) is 32.3. The molecule has 3 saturated carbocycles. The lowest BCUT2D eigenvalue weighted by atomic mass is 9.90. The first-order valence-corrected chi connectivity index (χ1v) is 39.3. The summed E-state index contributed by atoms with van der Waals surface area (Å²) in [5, 5.41) is 12.7. The number of fused-ring (bicyclic) bond motifs is 14. The Balaban J connectivity index is 0.000000161. The Labute approximate surface area is 634 Å². The van der Waals surface area contributed by atoms with E-state index in [-0.39, 0.29) is 59.8 Å². The number of nitrogens with one attached hydrogen (secondary N) is 5. The molecule has 5 N–H and O–H groups in total. The van der Waals surface area contributed by atoms with Crippen LogP contribution >= 0.6 is 0 Å². The van der Waals surface area contributed by atoms with Crippen molar-refractivity contribution in [2.24, 2.45) is 33.7 Å². The Morgan fingerprint density at radius 1 is 0.495 bits per heavy atom. The summed E-state index contributed by atoms with van der Waals surface area (Å²) < 4.78 is 27.4. The first-order chi connectivity index (χ1) is 52.9. The fourth-order valence-electron chi connectivity index (χ4n) is 19.7. The zero-order chi connectivity index (χ0) is 75.2. The van der Waals surface area contributed by atoms with E-state index in [4.69, 9.17) is 38.9 Å². The minimum absolute atomic E-state index is 0.0283. The van der Waals surface area contributed by atoms with Crippen LogP contribution in [-0.2, 0) is 54.6 Å². The van der Waals surface area contributed by atoms with Crippen LogP contribution in [0.2, 0.25) is 0 Å². The van der Waals surface area contributed by atoms with E-state index in [9.17, 15) is 28.8 Å². The van der Waals surface area contributed by atoms with Gasteiger partial charge < -0.3 is 64.3 Å². The molecule has 1 unspecified atom stereocenters. The first kappa shape index (κ1) is 71.3. The van der Waals surface area contributed by atoms with Gasteiger partial charge in [0.25, 0.3) is 0 Å². The van der Waals surface area contributed by atoms with E-state index in [1.54, 1.807) is 11.8 Å². The molecule has 6 aromatic carbocycles. The van der Waals surface area contributed by atoms with Crippen LogP contribution in [0.1, 0.15) is 170 Å². The number of imidazole rings is 2. The molecule has 0 spiro atoms. The molecule has 6 amide bonds. The van der Waals surface area contributed by atoms with Gasteiger partial charge >= 0.3 is 18.3 Å². The predicted molar refractivity (Wildman–Crippen MR) is 415 cm³/mol. The van der Waals surface area contributed by atoms with Crippen LogP contribution in [0.15, 0.2) is 107 Å². The first-order valence-electron chi connectivity index (χ1n) is 39.3. The van der Waals surface area contributed by atoms with Crippen LogP contribution in [0.5, 0.6) is 11.5 Å². The van der Waals surface area contributed by atoms with Crippen LogP contribution in [0.3, 0.4) is 0 Å². The number of likely N-dealkylation sites (tertiary alicyclic amines) is 3. The Morgan fingerprint density at radius 2 is 0.972 bits per heavy atom. The molecular weight excluding hydrogens is 1380 g/mol.